The monoisotopic (exact) mass is 476 g/mol. The van der Waals surface area contributed by atoms with Crippen LogP contribution < -0.4 is 5.32 Å². The minimum atomic E-state index is -0.143. The molecule has 1 N–H and O–H groups in total. The number of aryl methyl sites for hydroxylation is 1. The SMILES string of the molecule is C=CCn1nc(SCC(=O)Nc2ccc(C)c(Cl)c2)nc1-c1ccc(Br)cc1. The molecule has 0 saturated carbocycles. The lowest BCUT2D eigenvalue weighted by Gasteiger charge is -2.05. The van der Waals surface area contributed by atoms with Crippen molar-refractivity contribution in [3.63, 3.8) is 0 Å². The number of nitrogens with one attached hydrogen (secondary N) is 1. The Bertz CT molecular complexity index is 1000. The van der Waals surface area contributed by atoms with Crippen molar-refractivity contribution in [2.75, 3.05) is 11.1 Å². The molecule has 1 aromatic heterocycles. The summed E-state index contributed by atoms with van der Waals surface area (Å²) in [6, 6.07) is 13.3. The summed E-state index contributed by atoms with van der Waals surface area (Å²) in [7, 11) is 0. The zero-order valence-electron chi connectivity index (χ0n) is 15.2. The van der Waals surface area contributed by atoms with Crippen LogP contribution in [0.3, 0.4) is 0 Å². The van der Waals surface area contributed by atoms with Gasteiger partial charge in [-0.3, -0.25) is 4.79 Å². The number of thioether (sulfide) groups is 1. The lowest BCUT2D eigenvalue weighted by molar-refractivity contribution is -0.113. The van der Waals surface area contributed by atoms with Crippen LogP contribution >= 0.6 is 39.3 Å². The molecular weight excluding hydrogens is 460 g/mol. The lowest BCUT2D eigenvalue weighted by Crippen LogP contribution is -2.14. The number of anilines is 1. The fourth-order valence-corrected chi connectivity index (χ4v) is 3.53. The first-order valence-electron chi connectivity index (χ1n) is 8.46. The highest BCUT2D eigenvalue weighted by atomic mass is 79.9. The van der Waals surface area contributed by atoms with Gasteiger partial charge in [0.15, 0.2) is 5.82 Å². The zero-order chi connectivity index (χ0) is 20.1. The van der Waals surface area contributed by atoms with Crippen molar-refractivity contribution >= 4 is 50.9 Å². The molecule has 8 heteroatoms. The Morgan fingerprint density at radius 1 is 1.32 bits per heavy atom. The predicted octanol–water partition coefficient (Wildman–Crippen LogP) is 5.59. The Morgan fingerprint density at radius 3 is 2.75 bits per heavy atom. The number of rotatable bonds is 7. The molecule has 0 aliphatic heterocycles. The molecule has 1 heterocycles. The predicted molar refractivity (Wildman–Crippen MR) is 119 cm³/mol. The first kappa shape index (κ1) is 20.6. The Kier molecular flexibility index (Phi) is 6.93. The minimum Gasteiger partial charge on any atom is -0.325 e. The van der Waals surface area contributed by atoms with Crippen LogP contribution in [0.25, 0.3) is 11.4 Å². The van der Waals surface area contributed by atoms with E-state index in [2.05, 4.69) is 37.9 Å². The van der Waals surface area contributed by atoms with Crippen LogP contribution in [0.5, 0.6) is 0 Å². The van der Waals surface area contributed by atoms with Crippen molar-refractivity contribution in [2.24, 2.45) is 0 Å². The van der Waals surface area contributed by atoms with Crippen LogP contribution in [0.1, 0.15) is 5.56 Å². The number of allylic oxidation sites excluding steroid dienone is 1. The van der Waals surface area contributed by atoms with Crippen molar-refractivity contribution in [3.8, 4) is 11.4 Å². The van der Waals surface area contributed by atoms with Crippen LogP contribution in [0.2, 0.25) is 5.02 Å². The third-order valence-corrected chi connectivity index (χ3v) is 5.62. The summed E-state index contributed by atoms with van der Waals surface area (Å²) in [6.07, 6.45) is 1.76. The lowest BCUT2D eigenvalue weighted by atomic mass is 10.2. The highest BCUT2D eigenvalue weighted by Gasteiger charge is 2.13. The van der Waals surface area contributed by atoms with Crippen LogP contribution in [0.15, 0.2) is 64.7 Å². The average Bonchev–Trinajstić information content (AvgIpc) is 3.07. The summed E-state index contributed by atoms with van der Waals surface area (Å²) in [4.78, 5) is 16.8. The molecular formula is C20H18BrClN4OS. The Balaban J connectivity index is 1.69. The van der Waals surface area contributed by atoms with E-state index in [-0.39, 0.29) is 11.7 Å². The van der Waals surface area contributed by atoms with E-state index in [1.54, 1.807) is 16.8 Å². The second kappa shape index (κ2) is 9.41. The van der Waals surface area contributed by atoms with Gasteiger partial charge in [0, 0.05) is 20.7 Å². The van der Waals surface area contributed by atoms with E-state index in [0.717, 1.165) is 21.4 Å². The maximum absolute atomic E-state index is 12.2. The molecule has 0 unspecified atom stereocenters. The second-order valence-electron chi connectivity index (χ2n) is 6.00. The normalized spacial score (nSPS) is 10.7. The number of aromatic nitrogens is 3. The van der Waals surface area contributed by atoms with Crippen molar-refractivity contribution in [1.29, 1.82) is 0 Å². The van der Waals surface area contributed by atoms with Gasteiger partial charge in [0.1, 0.15) is 0 Å². The smallest absolute Gasteiger partial charge is 0.234 e. The number of halogens is 2. The molecule has 0 bridgehead atoms. The topological polar surface area (TPSA) is 59.8 Å². The number of benzene rings is 2. The van der Waals surface area contributed by atoms with Gasteiger partial charge in [0.2, 0.25) is 11.1 Å². The molecule has 0 spiro atoms. The number of nitrogens with zero attached hydrogens (tertiary/aromatic N) is 3. The van der Waals surface area contributed by atoms with E-state index in [0.29, 0.717) is 22.4 Å². The molecule has 0 atom stereocenters. The summed E-state index contributed by atoms with van der Waals surface area (Å²) in [6.45, 7) is 6.22. The van der Waals surface area contributed by atoms with Crippen LogP contribution in [0, 0.1) is 6.92 Å². The van der Waals surface area contributed by atoms with E-state index < -0.39 is 0 Å². The van der Waals surface area contributed by atoms with Gasteiger partial charge < -0.3 is 5.32 Å². The summed E-state index contributed by atoms with van der Waals surface area (Å²) in [5.74, 6) is 0.791. The Morgan fingerprint density at radius 2 is 2.07 bits per heavy atom. The Labute approximate surface area is 181 Å². The van der Waals surface area contributed by atoms with E-state index >= 15 is 0 Å². The fraction of sp³-hybridized carbons (Fsp3) is 0.150. The molecule has 0 radical (unpaired) electrons. The van der Waals surface area contributed by atoms with E-state index in [9.17, 15) is 4.79 Å². The van der Waals surface area contributed by atoms with Gasteiger partial charge in [0.25, 0.3) is 0 Å². The summed E-state index contributed by atoms with van der Waals surface area (Å²) in [5.41, 5.74) is 2.58. The van der Waals surface area contributed by atoms with Crippen molar-refractivity contribution < 1.29 is 4.79 Å². The maximum atomic E-state index is 12.2. The molecule has 2 aromatic carbocycles. The zero-order valence-corrected chi connectivity index (χ0v) is 18.3. The standard InChI is InChI=1S/C20H18BrClN4OS/c1-3-10-26-19(14-5-7-15(21)8-6-14)24-20(25-26)28-12-18(27)23-16-9-4-13(2)17(22)11-16/h3-9,11H,1,10,12H2,2H3,(H,23,27). The first-order valence-corrected chi connectivity index (χ1v) is 10.6. The maximum Gasteiger partial charge on any atom is 0.234 e. The molecule has 3 rings (SSSR count). The average molecular weight is 478 g/mol. The molecule has 28 heavy (non-hydrogen) atoms. The molecule has 5 nitrogen and oxygen atoms in total. The number of amides is 1. The van der Waals surface area contributed by atoms with E-state index in [1.165, 1.54) is 11.8 Å². The van der Waals surface area contributed by atoms with Gasteiger partial charge in [-0.15, -0.1) is 11.7 Å². The van der Waals surface area contributed by atoms with Crippen molar-refractivity contribution in [2.45, 2.75) is 18.6 Å². The molecule has 0 fully saturated rings. The number of carbonyl (C=O) groups is 1. The molecule has 0 aliphatic rings. The van der Waals surface area contributed by atoms with Gasteiger partial charge in [-0.05, 0) is 36.8 Å². The third kappa shape index (κ3) is 5.25. The third-order valence-electron chi connectivity index (χ3n) is 3.84. The minimum absolute atomic E-state index is 0.143. The molecule has 0 aliphatic carbocycles. The Hall–Kier alpha value is -2.09. The van der Waals surface area contributed by atoms with E-state index in [4.69, 9.17) is 11.6 Å². The number of carbonyl (C=O) groups excluding carboxylic acids is 1. The van der Waals surface area contributed by atoms with Crippen LogP contribution in [-0.4, -0.2) is 26.4 Å². The first-order chi connectivity index (χ1) is 13.5. The number of hydrogen-bond donors (Lipinski definition) is 1. The fourth-order valence-electron chi connectivity index (χ4n) is 2.44. The van der Waals surface area contributed by atoms with Crippen LogP contribution in [-0.2, 0) is 11.3 Å². The second-order valence-corrected chi connectivity index (χ2v) is 8.26. The largest absolute Gasteiger partial charge is 0.325 e. The van der Waals surface area contributed by atoms with E-state index in [1.807, 2.05) is 43.3 Å². The summed E-state index contributed by atoms with van der Waals surface area (Å²) < 4.78 is 2.77. The van der Waals surface area contributed by atoms with Gasteiger partial charge in [-0.25, -0.2) is 9.67 Å². The van der Waals surface area contributed by atoms with Gasteiger partial charge in [-0.2, -0.15) is 0 Å². The van der Waals surface area contributed by atoms with Crippen molar-refractivity contribution in [1.82, 2.24) is 14.8 Å². The molecule has 144 valence electrons. The molecule has 1 amide bonds. The summed E-state index contributed by atoms with van der Waals surface area (Å²) >= 11 is 10.8. The highest BCUT2D eigenvalue weighted by molar-refractivity contribution is 9.10. The highest BCUT2D eigenvalue weighted by Crippen LogP contribution is 2.24. The number of hydrogen-bond acceptors (Lipinski definition) is 4. The molecule has 3 aromatic rings. The van der Waals surface area contributed by atoms with Gasteiger partial charge in [0.05, 0.1) is 12.3 Å². The van der Waals surface area contributed by atoms with Gasteiger partial charge >= 0.3 is 0 Å². The molecule has 0 saturated heterocycles. The van der Waals surface area contributed by atoms with Crippen molar-refractivity contribution in [3.05, 3.63) is 70.2 Å². The summed E-state index contributed by atoms with van der Waals surface area (Å²) in [5, 5.41) is 8.48. The quantitative estimate of drug-likeness (QED) is 0.356. The van der Waals surface area contributed by atoms with Crippen LogP contribution in [0.4, 0.5) is 5.69 Å². The van der Waals surface area contributed by atoms with Gasteiger partial charge in [-0.1, -0.05) is 63.6 Å².